The van der Waals surface area contributed by atoms with Crippen molar-refractivity contribution in [1.29, 1.82) is 0 Å². The molecule has 1 rings (SSSR count). The normalized spacial score (nSPS) is 26.7. The summed E-state index contributed by atoms with van der Waals surface area (Å²) in [4.78, 5) is 11.1. The first-order valence-corrected chi connectivity index (χ1v) is 5.39. The van der Waals surface area contributed by atoms with Gasteiger partial charge in [0.2, 0.25) is 0 Å². The van der Waals surface area contributed by atoms with Crippen LogP contribution < -0.4 is 5.32 Å². The molecule has 4 nitrogen and oxygen atoms in total. The van der Waals surface area contributed by atoms with Crippen molar-refractivity contribution in [1.82, 2.24) is 5.32 Å². The molecule has 2 atom stereocenters. The molecule has 0 aromatic rings. The van der Waals surface area contributed by atoms with E-state index < -0.39 is 0 Å². The van der Waals surface area contributed by atoms with Crippen molar-refractivity contribution in [3.8, 4) is 0 Å². The molecule has 1 saturated heterocycles. The zero-order valence-corrected chi connectivity index (χ0v) is 10.0. The average molecular weight is 215 g/mol. The Morgan fingerprint density at radius 1 is 1.47 bits per heavy atom. The molecule has 0 spiro atoms. The van der Waals surface area contributed by atoms with E-state index in [9.17, 15) is 4.79 Å². The van der Waals surface area contributed by atoms with Gasteiger partial charge in [-0.3, -0.25) is 4.79 Å². The molecule has 0 aromatic heterocycles. The molecule has 1 fully saturated rings. The number of ether oxygens (including phenoxy) is 2. The highest BCUT2D eigenvalue weighted by Gasteiger charge is 2.29. The summed E-state index contributed by atoms with van der Waals surface area (Å²) in [5, 5.41) is 3.27. The smallest absolute Gasteiger partial charge is 0.307 e. The van der Waals surface area contributed by atoms with Crippen molar-refractivity contribution >= 4 is 5.97 Å². The van der Waals surface area contributed by atoms with Crippen LogP contribution in [0.15, 0.2) is 0 Å². The van der Waals surface area contributed by atoms with Crippen molar-refractivity contribution in [2.24, 2.45) is 0 Å². The third kappa shape index (κ3) is 4.62. The van der Waals surface area contributed by atoms with Crippen molar-refractivity contribution < 1.29 is 14.3 Å². The van der Waals surface area contributed by atoms with Crippen LogP contribution in [0.5, 0.6) is 0 Å². The van der Waals surface area contributed by atoms with E-state index in [4.69, 9.17) is 4.74 Å². The van der Waals surface area contributed by atoms with Crippen LogP contribution >= 0.6 is 0 Å². The minimum absolute atomic E-state index is 0.119. The molecule has 88 valence electrons. The maximum Gasteiger partial charge on any atom is 0.307 e. The monoisotopic (exact) mass is 215 g/mol. The Balaban J connectivity index is 2.30. The second kappa shape index (κ2) is 4.94. The van der Waals surface area contributed by atoms with Gasteiger partial charge in [0, 0.05) is 12.6 Å². The molecule has 0 unspecified atom stereocenters. The molecule has 1 N–H and O–H groups in total. The van der Waals surface area contributed by atoms with Gasteiger partial charge in [0.15, 0.2) is 0 Å². The van der Waals surface area contributed by atoms with Gasteiger partial charge in [-0.1, -0.05) is 0 Å². The average Bonchev–Trinajstić information content (AvgIpc) is 2.49. The van der Waals surface area contributed by atoms with E-state index >= 15 is 0 Å². The summed E-state index contributed by atoms with van der Waals surface area (Å²) in [6.45, 7) is 6.95. The van der Waals surface area contributed by atoms with Gasteiger partial charge in [-0.05, 0) is 27.2 Å². The van der Waals surface area contributed by atoms with E-state index in [1.807, 2.05) is 20.8 Å². The highest BCUT2D eigenvalue weighted by Crippen LogP contribution is 2.19. The first kappa shape index (κ1) is 12.5. The number of methoxy groups -OCH3 is 1. The van der Waals surface area contributed by atoms with Gasteiger partial charge in [-0.25, -0.2) is 0 Å². The molecule has 0 radical (unpaired) electrons. The largest absolute Gasteiger partial charge is 0.469 e. The molecule has 0 aromatic carbocycles. The van der Waals surface area contributed by atoms with Gasteiger partial charge < -0.3 is 14.8 Å². The molecule has 1 aliphatic heterocycles. The number of rotatable bonds is 3. The van der Waals surface area contributed by atoms with Crippen LogP contribution in [-0.4, -0.2) is 37.4 Å². The van der Waals surface area contributed by atoms with E-state index in [1.54, 1.807) is 0 Å². The molecule has 0 saturated carbocycles. The van der Waals surface area contributed by atoms with Gasteiger partial charge in [0.25, 0.3) is 0 Å². The Morgan fingerprint density at radius 2 is 2.13 bits per heavy atom. The first-order chi connectivity index (χ1) is 6.90. The highest BCUT2D eigenvalue weighted by atomic mass is 16.5. The van der Waals surface area contributed by atoms with Crippen LogP contribution in [0.2, 0.25) is 0 Å². The second-order valence-corrected chi connectivity index (χ2v) is 4.97. The summed E-state index contributed by atoms with van der Waals surface area (Å²) in [6.07, 6.45) is 1.52. The maximum atomic E-state index is 11.1. The topological polar surface area (TPSA) is 47.6 Å². The lowest BCUT2D eigenvalue weighted by atomic mass is 10.1. The van der Waals surface area contributed by atoms with Crippen molar-refractivity contribution in [2.45, 2.75) is 51.4 Å². The molecule has 0 amide bonds. The van der Waals surface area contributed by atoms with Crippen LogP contribution in [0, 0.1) is 0 Å². The Kier molecular flexibility index (Phi) is 4.11. The lowest BCUT2D eigenvalue weighted by Gasteiger charge is -2.24. The molecule has 1 heterocycles. The third-order valence-electron chi connectivity index (χ3n) is 2.34. The highest BCUT2D eigenvalue weighted by molar-refractivity contribution is 5.69. The fourth-order valence-corrected chi connectivity index (χ4v) is 1.81. The van der Waals surface area contributed by atoms with Crippen LogP contribution in [0.25, 0.3) is 0 Å². The number of carbonyl (C=O) groups excluding carboxylic acids is 1. The van der Waals surface area contributed by atoms with E-state index in [0.29, 0.717) is 6.42 Å². The summed E-state index contributed by atoms with van der Waals surface area (Å²) in [6, 6.07) is 0.199. The van der Waals surface area contributed by atoms with Crippen LogP contribution in [0.3, 0.4) is 0 Å². The molecule has 1 aliphatic rings. The Bertz CT molecular complexity index is 222. The molecule has 0 bridgehead atoms. The summed E-state index contributed by atoms with van der Waals surface area (Å²) in [5.74, 6) is -0.163. The SMILES string of the molecule is COC(=O)C[C@@H]1C[C@@H](OC(C)(C)C)CN1. The van der Waals surface area contributed by atoms with Crippen LogP contribution in [-0.2, 0) is 14.3 Å². The maximum absolute atomic E-state index is 11.1. The summed E-state index contributed by atoms with van der Waals surface area (Å²) >= 11 is 0. The molecule has 0 aliphatic carbocycles. The number of hydrogen-bond acceptors (Lipinski definition) is 4. The van der Waals surface area contributed by atoms with Gasteiger partial charge in [0.1, 0.15) is 0 Å². The molecule has 15 heavy (non-hydrogen) atoms. The van der Waals surface area contributed by atoms with Gasteiger partial charge in [-0.2, -0.15) is 0 Å². The minimum Gasteiger partial charge on any atom is -0.469 e. The van der Waals surface area contributed by atoms with Crippen molar-refractivity contribution in [2.75, 3.05) is 13.7 Å². The predicted molar refractivity (Wildman–Crippen MR) is 57.7 cm³/mol. The Labute approximate surface area is 91.3 Å². The van der Waals surface area contributed by atoms with Gasteiger partial charge >= 0.3 is 5.97 Å². The third-order valence-corrected chi connectivity index (χ3v) is 2.34. The zero-order valence-electron chi connectivity index (χ0n) is 10.0. The Morgan fingerprint density at radius 3 is 2.67 bits per heavy atom. The standard InChI is InChI=1S/C11H21NO3/c1-11(2,3)15-9-5-8(12-7-9)6-10(13)14-4/h8-9,12H,5-7H2,1-4H3/t8-,9+/m0/s1. The van der Waals surface area contributed by atoms with E-state index in [0.717, 1.165) is 13.0 Å². The molecular formula is C11H21NO3. The van der Waals surface area contributed by atoms with E-state index in [1.165, 1.54) is 7.11 Å². The fourth-order valence-electron chi connectivity index (χ4n) is 1.81. The van der Waals surface area contributed by atoms with Crippen molar-refractivity contribution in [3.05, 3.63) is 0 Å². The Hall–Kier alpha value is -0.610. The number of nitrogens with one attached hydrogen (secondary N) is 1. The summed E-state index contributed by atoms with van der Waals surface area (Å²) in [5.41, 5.74) is -0.119. The summed E-state index contributed by atoms with van der Waals surface area (Å²) in [7, 11) is 1.42. The number of esters is 1. The predicted octanol–water partition coefficient (Wildman–Crippen LogP) is 1.10. The van der Waals surface area contributed by atoms with E-state index in [-0.39, 0.29) is 23.7 Å². The zero-order chi connectivity index (χ0) is 11.5. The second-order valence-electron chi connectivity index (χ2n) is 4.97. The molecule has 4 heteroatoms. The summed E-state index contributed by atoms with van der Waals surface area (Å²) < 4.78 is 10.5. The van der Waals surface area contributed by atoms with Crippen molar-refractivity contribution in [3.63, 3.8) is 0 Å². The lowest BCUT2D eigenvalue weighted by molar-refractivity contribution is -0.141. The number of carbonyl (C=O) groups is 1. The minimum atomic E-state index is -0.163. The van der Waals surface area contributed by atoms with E-state index in [2.05, 4.69) is 10.1 Å². The quantitative estimate of drug-likeness (QED) is 0.716. The number of hydrogen-bond donors (Lipinski definition) is 1. The lowest BCUT2D eigenvalue weighted by Crippen LogP contribution is -2.28. The van der Waals surface area contributed by atoms with Crippen LogP contribution in [0.4, 0.5) is 0 Å². The van der Waals surface area contributed by atoms with Gasteiger partial charge in [-0.15, -0.1) is 0 Å². The molecular weight excluding hydrogens is 194 g/mol. The first-order valence-electron chi connectivity index (χ1n) is 5.39. The van der Waals surface area contributed by atoms with Gasteiger partial charge in [0.05, 0.1) is 25.2 Å². The fraction of sp³-hybridized carbons (Fsp3) is 0.909. The van der Waals surface area contributed by atoms with Crippen LogP contribution in [0.1, 0.15) is 33.6 Å².